The fourth-order valence-corrected chi connectivity index (χ4v) is 1.46. The van der Waals surface area contributed by atoms with E-state index in [-0.39, 0.29) is 18.2 Å². The molecule has 0 saturated heterocycles. The SMILES string of the molecule is CC(C)CN(CC(=O)O)C(=O)C1=COCCO1. The third kappa shape index (κ3) is 4.34. The van der Waals surface area contributed by atoms with Crippen LogP contribution in [0.25, 0.3) is 0 Å². The van der Waals surface area contributed by atoms with Crippen LogP contribution in [0, 0.1) is 5.92 Å². The molecule has 0 aromatic heterocycles. The van der Waals surface area contributed by atoms with Crippen LogP contribution in [-0.2, 0) is 19.1 Å². The fourth-order valence-electron chi connectivity index (χ4n) is 1.46. The molecule has 0 unspecified atom stereocenters. The summed E-state index contributed by atoms with van der Waals surface area (Å²) in [5, 5.41) is 8.76. The van der Waals surface area contributed by atoms with Gasteiger partial charge >= 0.3 is 5.97 Å². The second kappa shape index (κ2) is 6.12. The Labute approximate surface area is 99.8 Å². The van der Waals surface area contributed by atoms with E-state index in [9.17, 15) is 9.59 Å². The molecule has 0 spiro atoms. The molecule has 17 heavy (non-hydrogen) atoms. The van der Waals surface area contributed by atoms with Crippen LogP contribution in [-0.4, -0.2) is 48.2 Å². The van der Waals surface area contributed by atoms with Crippen LogP contribution in [0.5, 0.6) is 0 Å². The predicted octanol–water partition coefficient (Wildman–Crippen LogP) is 0.444. The zero-order valence-corrected chi connectivity index (χ0v) is 10.0. The van der Waals surface area contributed by atoms with Crippen molar-refractivity contribution in [3.8, 4) is 0 Å². The Bertz CT molecular complexity index is 324. The van der Waals surface area contributed by atoms with E-state index in [0.29, 0.717) is 19.8 Å². The van der Waals surface area contributed by atoms with Gasteiger partial charge in [0, 0.05) is 6.54 Å². The Kier molecular flexibility index (Phi) is 4.81. The van der Waals surface area contributed by atoms with E-state index in [1.165, 1.54) is 11.2 Å². The molecule has 0 aromatic rings. The molecule has 0 atom stereocenters. The number of carboxylic acid groups (broad SMARTS) is 1. The van der Waals surface area contributed by atoms with Crippen molar-refractivity contribution in [3.05, 3.63) is 12.0 Å². The molecule has 6 nitrogen and oxygen atoms in total. The Morgan fingerprint density at radius 1 is 1.47 bits per heavy atom. The highest BCUT2D eigenvalue weighted by molar-refractivity contribution is 5.93. The summed E-state index contributed by atoms with van der Waals surface area (Å²) in [7, 11) is 0. The van der Waals surface area contributed by atoms with Gasteiger partial charge in [0.05, 0.1) is 0 Å². The first-order valence-corrected chi connectivity index (χ1v) is 5.46. The first-order chi connectivity index (χ1) is 8.00. The highest BCUT2D eigenvalue weighted by Crippen LogP contribution is 2.10. The fraction of sp³-hybridized carbons (Fsp3) is 0.636. The molecule has 1 heterocycles. The van der Waals surface area contributed by atoms with Crippen molar-refractivity contribution in [1.29, 1.82) is 0 Å². The molecule has 96 valence electrons. The average molecular weight is 243 g/mol. The number of hydrogen-bond donors (Lipinski definition) is 1. The van der Waals surface area contributed by atoms with Crippen molar-refractivity contribution in [1.82, 2.24) is 4.90 Å². The van der Waals surface area contributed by atoms with Crippen molar-refractivity contribution in [3.63, 3.8) is 0 Å². The third-order valence-electron chi connectivity index (χ3n) is 2.06. The number of rotatable bonds is 5. The van der Waals surface area contributed by atoms with Gasteiger partial charge in [-0.1, -0.05) is 13.8 Å². The monoisotopic (exact) mass is 243 g/mol. The summed E-state index contributed by atoms with van der Waals surface area (Å²) in [6.07, 6.45) is 1.24. The van der Waals surface area contributed by atoms with Crippen molar-refractivity contribution < 1.29 is 24.2 Å². The largest absolute Gasteiger partial charge is 0.494 e. The molecule has 6 heteroatoms. The average Bonchev–Trinajstić information content (AvgIpc) is 2.27. The lowest BCUT2D eigenvalue weighted by atomic mass is 10.2. The second-order valence-corrected chi connectivity index (χ2v) is 4.17. The molecule has 1 aliphatic heterocycles. The van der Waals surface area contributed by atoms with Crippen LogP contribution in [0.3, 0.4) is 0 Å². The van der Waals surface area contributed by atoms with Gasteiger partial charge in [-0.3, -0.25) is 9.59 Å². The minimum Gasteiger partial charge on any atom is -0.494 e. The molecule has 0 saturated carbocycles. The molecule has 0 aromatic carbocycles. The number of ether oxygens (including phenoxy) is 2. The van der Waals surface area contributed by atoms with E-state index < -0.39 is 11.9 Å². The zero-order chi connectivity index (χ0) is 12.8. The van der Waals surface area contributed by atoms with Gasteiger partial charge in [0.25, 0.3) is 5.91 Å². The summed E-state index contributed by atoms with van der Waals surface area (Å²) in [5.41, 5.74) is 0. The first kappa shape index (κ1) is 13.3. The summed E-state index contributed by atoms with van der Waals surface area (Å²) < 4.78 is 10.1. The summed E-state index contributed by atoms with van der Waals surface area (Å²) in [5.74, 6) is -1.24. The maximum Gasteiger partial charge on any atom is 0.323 e. The lowest BCUT2D eigenvalue weighted by Crippen LogP contribution is -2.40. The smallest absolute Gasteiger partial charge is 0.323 e. The molecule has 0 radical (unpaired) electrons. The number of hydrogen-bond acceptors (Lipinski definition) is 4. The van der Waals surface area contributed by atoms with E-state index in [0.717, 1.165) is 0 Å². The predicted molar refractivity (Wildman–Crippen MR) is 59.0 cm³/mol. The van der Waals surface area contributed by atoms with Crippen molar-refractivity contribution >= 4 is 11.9 Å². The van der Waals surface area contributed by atoms with Crippen LogP contribution in [0.4, 0.5) is 0 Å². The van der Waals surface area contributed by atoms with E-state index in [1.807, 2.05) is 13.8 Å². The Balaban J connectivity index is 2.70. The highest BCUT2D eigenvalue weighted by atomic mass is 16.6. The van der Waals surface area contributed by atoms with Gasteiger partial charge in [0.1, 0.15) is 26.0 Å². The van der Waals surface area contributed by atoms with Gasteiger partial charge in [-0.25, -0.2) is 0 Å². The quantitative estimate of drug-likeness (QED) is 0.758. The lowest BCUT2D eigenvalue weighted by Gasteiger charge is -2.24. The standard InChI is InChI=1S/C11H17NO5/c1-8(2)5-12(6-10(13)14)11(15)9-7-16-3-4-17-9/h7-8H,3-6H2,1-2H3,(H,13,14). The number of nitrogens with zero attached hydrogens (tertiary/aromatic N) is 1. The summed E-state index contributed by atoms with van der Waals surface area (Å²) in [6.45, 7) is 4.56. The number of carbonyl (C=O) groups is 2. The molecule has 1 amide bonds. The molecule has 0 aliphatic carbocycles. The number of carbonyl (C=O) groups excluding carboxylic acids is 1. The summed E-state index contributed by atoms with van der Waals surface area (Å²) >= 11 is 0. The molecule has 1 N–H and O–H groups in total. The molecule has 1 rings (SSSR count). The van der Waals surface area contributed by atoms with Gasteiger partial charge < -0.3 is 19.5 Å². The number of aliphatic carboxylic acids is 1. The van der Waals surface area contributed by atoms with Gasteiger partial charge in [0.15, 0.2) is 0 Å². The van der Waals surface area contributed by atoms with Crippen molar-refractivity contribution in [2.75, 3.05) is 26.3 Å². The Hall–Kier alpha value is -1.72. The Morgan fingerprint density at radius 2 is 2.18 bits per heavy atom. The third-order valence-corrected chi connectivity index (χ3v) is 2.06. The molecular weight excluding hydrogens is 226 g/mol. The van der Waals surface area contributed by atoms with Crippen LogP contribution < -0.4 is 0 Å². The van der Waals surface area contributed by atoms with Crippen LogP contribution >= 0.6 is 0 Å². The summed E-state index contributed by atoms with van der Waals surface area (Å²) in [6, 6.07) is 0. The maximum atomic E-state index is 12.0. The van der Waals surface area contributed by atoms with Crippen molar-refractivity contribution in [2.24, 2.45) is 5.92 Å². The van der Waals surface area contributed by atoms with Gasteiger partial charge in [-0.05, 0) is 5.92 Å². The van der Waals surface area contributed by atoms with E-state index in [1.54, 1.807) is 0 Å². The topological polar surface area (TPSA) is 76.1 Å². The lowest BCUT2D eigenvalue weighted by molar-refractivity contribution is -0.145. The number of amides is 1. The minimum atomic E-state index is -1.05. The van der Waals surface area contributed by atoms with Gasteiger partial charge in [-0.15, -0.1) is 0 Å². The normalized spacial score (nSPS) is 14.6. The summed E-state index contributed by atoms with van der Waals surface area (Å²) in [4.78, 5) is 23.9. The second-order valence-electron chi connectivity index (χ2n) is 4.17. The van der Waals surface area contributed by atoms with Crippen LogP contribution in [0.15, 0.2) is 12.0 Å². The van der Waals surface area contributed by atoms with Gasteiger partial charge in [-0.2, -0.15) is 0 Å². The van der Waals surface area contributed by atoms with E-state index in [2.05, 4.69) is 0 Å². The van der Waals surface area contributed by atoms with E-state index in [4.69, 9.17) is 14.6 Å². The first-order valence-electron chi connectivity index (χ1n) is 5.46. The Morgan fingerprint density at radius 3 is 2.65 bits per heavy atom. The highest BCUT2D eigenvalue weighted by Gasteiger charge is 2.24. The van der Waals surface area contributed by atoms with Crippen LogP contribution in [0.2, 0.25) is 0 Å². The molecular formula is C11H17NO5. The minimum absolute atomic E-state index is 0.0677. The molecule has 0 bridgehead atoms. The van der Waals surface area contributed by atoms with Crippen LogP contribution in [0.1, 0.15) is 13.8 Å². The zero-order valence-electron chi connectivity index (χ0n) is 10.0. The number of carboxylic acids is 1. The van der Waals surface area contributed by atoms with Crippen molar-refractivity contribution in [2.45, 2.75) is 13.8 Å². The molecule has 1 aliphatic rings. The van der Waals surface area contributed by atoms with E-state index >= 15 is 0 Å². The maximum absolute atomic E-state index is 12.0. The van der Waals surface area contributed by atoms with Gasteiger partial charge in [0.2, 0.25) is 5.76 Å². The molecule has 0 fully saturated rings.